The molecule has 3 N–H and O–H groups in total. The van der Waals surface area contributed by atoms with E-state index in [1.54, 1.807) is 24.3 Å². The minimum atomic E-state index is -4.57. The van der Waals surface area contributed by atoms with E-state index in [9.17, 15) is 18.0 Å². The Morgan fingerprint density at radius 2 is 1.96 bits per heavy atom. The number of hydrogen-bond donors (Lipinski definition) is 2. The zero-order valence-electron chi connectivity index (χ0n) is 12.1. The number of aromatic nitrogens is 2. The predicted molar refractivity (Wildman–Crippen MR) is 77.7 cm³/mol. The summed E-state index contributed by atoms with van der Waals surface area (Å²) < 4.78 is 39.1. The summed E-state index contributed by atoms with van der Waals surface area (Å²) >= 11 is 0. The maximum atomic E-state index is 12.7. The lowest BCUT2D eigenvalue weighted by Gasteiger charge is -2.06. The van der Waals surface area contributed by atoms with E-state index in [1.807, 2.05) is 0 Å². The van der Waals surface area contributed by atoms with Gasteiger partial charge >= 0.3 is 6.18 Å². The third-order valence-corrected chi connectivity index (χ3v) is 3.53. The Morgan fingerprint density at radius 3 is 2.48 bits per heavy atom. The second-order valence-corrected chi connectivity index (χ2v) is 5.57. The van der Waals surface area contributed by atoms with Gasteiger partial charge in [0.05, 0.1) is 12.2 Å². The molecule has 1 aliphatic carbocycles. The van der Waals surface area contributed by atoms with Gasteiger partial charge in [0.25, 0.3) is 5.91 Å². The van der Waals surface area contributed by atoms with Gasteiger partial charge in [-0.05, 0) is 30.5 Å². The van der Waals surface area contributed by atoms with Crippen LogP contribution in [0.25, 0.3) is 0 Å². The Labute approximate surface area is 130 Å². The molecule has 1 aromatic heterocycles. The lowest BCUT2D eigenvalue weighted by atomic mass is 10.1. The van der Waals surface area contributed by atoms with Gasteiger partial charge in [-0.25, -0.2) is 0 Å². The fourth-order valence-corrected chi connectivity index (χ4v) is 2.18. The molecule has 1 aliphatic rings. The zero-order chi connectivity index (χ0) is 16.6. The molecule has 0 unspecified atom stereocenters. The number of alkyl halides is 3. The number of benzene rings is 1. The summed E-state index contributed by atoms with van der Waals surface area (Å²) in [7, 11) is 0. The van der Waals surface area contributed by atoms with Gasteiger partial charge in [0, 0.05) is 17.8 Å². The monoisotopic (exact) mass is 324 g/mol. The number of carbonyl (C=O) groups excluding carboxylic acids is 1. The van der Waals surface area contributed by atoms with Crippen molar-refractivity contribution in [1.29, 1.82) is 0 Å². The van der Waals surface area contributed by atoms with Crippen molar-refractivity contribution in [3.63, 3.8) is 0 Å². The van der Waals surface area contributed by atoms with Crippen LogP contribution in [-0.4, -0.2) is 21.7 Å². The molecule has 0 radical (unpaired) electrons. The Balaban J connectivity index is 1.69. The molecular weight excluding hydrogens is 309 g/mol. The smallest absolute Gasteiger partial charge is 0.396 e. The molecule has 0 aliphatic heterocycles. The van der Waals surface area contributed by atoms with Crippen LogP contribution in [0.2, 0.25) is 0 Å². The number of nitrogen functional groups attached to an aromatic ring is 1. The molecule has 1 amide bonds. The highest BCUT2D eigenvalue weighted by molar-refractivity contribution is 5.94. The van der Waals surface area contributed by atoms with Gasteiger partial charge in [0.15, 0.2) is 5.69 Å². The van der Waals surface area contributed by atoms with Crippen LogP contribution >= 0.6 is 0 Å². The number of anilines is 1. The van der Waals surface area contributed by atoms with Crippen LogP contribution in [0.5, 0.6) is 0 Å². The van der Waals surface area contributed by atoms with E-state index in [2.05, 4.69) is 10.4 Å². The van der Waals surface area contributed by atoms with Gasteiger partial charge in [-0.2, -0.15) is 18.3 Å². The van der Waals surface area contributed by atoms with Crippen molar-refractivity contribution >= 4 is 11.6 Å². The minimum Gasteiger partial charge on any atom is -0.396 e. The molecule has 0 saturated heterocycles. The second-order valence-electron chi connectivity index (χ2n) is 5.57. The van der Waals surface area contributed by atoms with Crippen molar-refractivity contribution in [1.82, 2.24) is 15.1 Å². The molecule has 3 rings (SSSR count). The molecule has 5 nitrogen and oxygen atoms in total. The minimum absolute atomic E-state index is 0.137. The van der Waals surface area contributed by atoms with E-state index in [1.165, 1.54) is 0 Å². The summed E-state index contributed by atoms with van der Waals surface area (Å²) in [4.78, 5) is 11.9. The van der Waals surface area contributed by atoms with E-state index in [4.69, 9.17) is 5.73 Å². The van der Waals surface area contributed by atoms with E-state index >= 15 is 0 Å². The first-order valence-corrected chi connectivity index (χ1v) is 7.13. The van der Waals surface area contributed by atoms with Crippen LogP contribution in [-0.2, 0) is 12.7 Å². The fourth-order valence-electron chi connectivity index (χ4n) is 2.18. The summed E-state index contributed by atoms with van der Waals surface area (Å²) in [5.74, 6) is -0.137. The normalized spacial score (nSPS) is 14.7. The average Bonchev–Trinajstić information content (AvgIpc) is 3.20. The summed E-state index contributed by atoms with van der Waals surface area (Å²) in [6, 6.07) is 6.93. The third-order valence-electron chi connectivity index (χ3n) is 3.53. The maximum absolute atomic E-state index is 12.7. The predicted octanol–water partition coefficient (Wildman–Crippen LogP) is 2.42. The second kappa shape index (κ2) is 5.60. The van der Waals surface area contributed by atoms with Crippen LogP contribution in [0.15, 0.2) is 30.5 Å². The molecule has 8 heteroatoms. The van der Waals surface area contributed by atoms with Crippen LogP contribution < -0.4 is 11.1 Å². The van der Waals surface area contributed by atoms with Crippen molar-refractivity contribution in [2.45, 2.75) is 31.6 Å². The van der Waals surface area contributed by atoms with E-state index < -0.39 is 17.6 Å². The molecule has 0 bridgehead atoms. The van der Waals surface area contributed by atoms with E-state index in [0.717, 1.165) is 29.3 Å². The Bertz CT molecular complexity index is 717. The summed E-state index contributed by atoms with van der Waals surface area (Å²) in [5, 5.41) is 6.34. The van der Waals surface area contributed by atoms with Crippen molar-refractivity contribution in [3.05, 3.63) is 47.3 Å². The van der Waals surface area contributed by atoms with Crippen molar-refractivity contribution < 1.29 is 18.0 Å². The van der Waals surface area contributed by atoms with Crippen LogP contribution in [0.3, 0.4) is 0 Å². The molecule has 0 atom stereocenters. The van der Waals surface area contributed by atoms with Gasteiger partial charge in [0.2, 0.25) is 0 Å². The Morgan fingerprint density at radius 1 is 1.30 bits per heavy atom. The largest absolute Gasteiger partial charge is 0.437 e. The molecule has 1 fully saturated rings. The molecule has 2 aromatic rings. The highest BCUT2D eigenvalue weighted by atomic mass is 19.4. The highest BCUT2D eigenvalue weighted by Crippen LogP contribution is 2.32. The average molecular weight is 324 g/mol. The fraction of sp³-hybridized carbons (Fsp3) is 0.333. The van der Waals surface area contributed by atoms with Crippen LogP contribution in [0.4, 0.5) is 18.9 Å². The molecule has 1 heterocycles. The van der Waals surface area contributed by atoms with Crippen molar-refractivity contribution in [2.24, 2.45) is 0 Å². The quantitative estimate of drug-likeness (QED) is 0.907. The van der Waals surface area contributed by atoms with Crippen molar-refractivity contribution in [2.75, 3.05) is 5.73 Å². The summed E-state index contributed by atoms with van der Waals surface area (Å²) in [5.41, 5.74) is 5.10. The standard InChI is InChI=1S/C15H15F3N4O/c16-15(17,18)13-12(19)8-22(21-13)7-9-1-3-10(4-2-9)14(23)20-11-5-6-11/h1-4,8,11H,5-7,19H2,(H,20,23). The number of rotatable bonds is 4. The molecule has 23 heavy (non-hydrogen) atoms. The Hall–Kier alpha value is -2.51. The molecule has 122 valence electrons. The van der Waals surface area contributed by atoms with Gasteiger partial charge in [-0.1, -0.05) is 12.1 Å². The Kier molecular flexibility index (Phi) is 3.75. The number of nitrogens with one attached hydrogen (secondary N) is 1. The lowest BCUT2D eigenvalue weighted by Crippen LogP contribution is -2.25. The first-order valence-electron chi connectivity index (χ1n) is 7.13. The first kappa shape index (κ1) is 15.4. The van der Waals surface area contributed by atoms with E-state index in [-0.39, 0.29) is 18.5 Å². The van der Waals surface area contributed by atoms with Crippen molar-refractivity contribution in [3.8, 4) is 0 Å². The summed E-state index contributed by atoms with van der Waals surface area (Å²) in [6.07, 6.45) is -1.41. The molecule has 1 saturated carbocycles. The SMILES string of the molecule is Nc1cn(Cc2ccc(C(=O)NC3CC3)cc2)nc1C(F)(F)F. The number of nitrogens with two attached hydrogens (primary N) is 1. The van der Waals surface area contributed by atoms with E-state index in [0.29, 0.717) is 5.56 Å². The molecular formula is C15H15F3N4O. The first-order chi connectivity index (χ1) is 10.8. The van der Waals surface area contributed by atoms with Gasteiger partial charge in [-0.3, -0.25) is 9.48 Å². The number of halogens is 3. The van der Waals surface area contributed by atoms with Gasteiger partial charge in [0.1, 0.15) is 0 Å². The number of carbonyl (C=O) groups is 1. The highest BCUT2D eigenvalue weighted by Gasteiger charge is 2.36. The van der Waals surface area contributed by atoms with Gasteiger partial charge < -0.3 is 11.1 Å². The zero-order valence-corrected chi connectivity index (χ0v) is 12.1. The number of nitrogens with zero attached hydrogens (tertiary/aromatic N) is 2. The maximum Gasteiger partial charge on any atom is 0.437 e. The molecule has 0 spiro atoms. The van der Waals surface area contributed by atoms with Crippen LogP contribution in [0.1, 0.15) is 34.5 Å². The van der Waals surface area contributed by atoms with Crippen LogP contribution in [0, 0.1) is 0 Å². The molecule has 1 aromatic carbocycles. The number of amides is 1. The topological polar surface area (TPSA) is 72.9 Å². The van der Waals surface area contributed by atoms with Gasteiger partial charge in [-0.15, -0.1) is 0 Å². The lowest BCUT2D eigenvalue weighted by molar-refractivity contribution is -0.140. The third kappa shape index (κ3) is 3.64. The number of hydrogen-bond acceptors (Lipinski definition) is 3. The summed E-state index contributed by atoms with van der Waals surface area (Å²) in [6.45, 7) is 0.144.